The Morgan fingerprint density at radius 2 is 1.65 bits per heavy atom. The van der Waals surface area contributed by atoms with Crippen molar-refractivity contribution in [3.8, 4) is 5.75 Å². The Kier molecular flexibility index (Phi) is 5.70. The van der Waals surface area contributed by atoms with Gasteiger partial charge in [-0.3, -0.25) is 0 Å². The molecule has 0 aromatic heterocycles. The third kappa shape index (κ3) is 4.05. The zero-order chi connectivity index (χ0) is 17.2. The van der Waals surface area contributed by atoms with Crippen LogP contribution in [0.25, 0.3) is 0 Å². The number of nitrogens with zero attached hydrogens (tertiary/aromatic N) is 2. The molecule has 0 radical (unpaired) electrons. The summed E-state index contributed by atoms with van der Waals surface area (Å²) in [5.41, 5.74) is 1.99. The Hall–Kier alpha value is -1.11. The summed E-state index contributed by atoms with van der Waals surface area (Å²) in [6.07, 6.45) is 0. The highest BCUT2D eigenvalue weighted by molar-refractivity contribution is 7.89. The minimum atomic E-state index is -3.51. The van der Waals surface area contributed by atoms with Crippen molar-refractivity contribution in [2.45, 2.75) is 32.6 Å². The summed E-state index contributed by atoms with van der Waals surface area (Å²) in [6, 6.07) is 3.53. The van der Waals surface area contributed by atoms with Gasteiger partial charge in [0, 0.05) is 32.7 Å². The first kappa shape index (κ1) is 18.2. The fraction of sp³-hybridized carbons (Fsp3) is 0.647. The molecule has 0 bridgehead atoms. The number of hydrogen-bond acceptors (Lipinski definition) is 4. The van der Waals surface area contributed by atoms with Crippen molar-refractivity contribution >= 4 is 10.0 Å². The standard InChI is InChI=1S/C17H28N2O3S/c1-13(2)12-18-6-8-19(9-7-18)23(20,21)17-11-15(4)14(3)10-16(17)22-5/h10-11,13H,6-9,12H2,1-5H3. The highest BCUT2D eigenvalue weighted by Crippen LogP contribution is 2.30. The normalized spacial score (nSPS) is 17.7. The van der Waals surface area contributed by atoms with Crippen molar-refractivity contribution in [1.82, 2.24) is 9.21 Å². The molecule has 0 saturated carbocycles. The zero-order valence-corrected chi connectivity index (χ0v) is 15.6. The number of methoxy groups -OCH3 is 1. The van der Waals surface area contributed by atoms with Crippen LogP contribution in [-0.2, 0) is 10.0 Å². The van der Waals surface area contributed by atoms with Crippen LogP contribution in [0.1, 0.15) is 25.0 Å². The molecule has 23 heavy (non-hydrogen) atoms. The van der Waals surface area contributed by atoms with E-state index in [0.717, 1.165) is 30.8 Å². The van der Waals surface area contributed by atoms with E-state index in [1.165, 1.54) is 7.11 Å². The maximum Gasteiger partial charge on any atom is 0.246 e. The summed E-state index contributed by atoms with van der Waals surface area (Å²) in [5, 5.41) is 0. The van der Waals surface area contributed by atoms with Crippen molar-refractivity contribution < 1.29 is 13.2 Å². The van der Waals surface area contributed by atoms with Crippen LogP contribution in [-0.4, -0.2) is 57.5 Å². The second-order valence-corrected chi connectivity index (χ2v) is 8.59. The molecule has 6 heteroatoms. The fourth-order valence-electron chi connectivity index (χ4n) is 2.93. The molecular formula is C17H28N2O3S. The molecule has 2 rings (SSSR count). The van der Waals surface area contributed by atoms with E-state index in [4.69, 9.17) is 4.74 Å². The third-order valence-electron chi connectivity index (χ3n) is 4.35. The van der Waals surface area contributed by atoms with Crippen LogP contribution >= 0.6 is 0 Å². The van der Waals surface area contributed by atoms with Crippen LogP contribution in [0.3, 0.4) is 0 Å². The number of rotatable bonds is 5. The topological polar surface area (TPSA) is 49.9 Å². The average Bonchev–Trinajstić information content (AvgIpc) is 2.49. The van der Waals surface area contributed by atoms with Gasteiger partial charge in [0.1, 0.15) is 10.6 Å². The van der Waals surface area contributed by atoms with E-state index in [0.29, 0.717) is 24.8 Å². The van der Waals surface area contributed by atoms with Crippen molar-refractivity contribution in [3.63, 3.8) is 0 Å². The van der Waals surface area contributed by atoms with Crippen LogP contribution in [0.4, 0.5) is 0 Å². The third-order valence-corrected chi connectivity index (χ3v) is 6.27. The molecular weight excluding hydrogens is 312 g/mol. The van der Waals surface area contributed by atoms with Gasteiger partial charge in [-0.15, -0.1) is 0 Å². The van der Waals surface area contributed by atoms with Crippen molar-refractivity contribution in [2.24, 2.45) is 5.92 Å². The van der Waals surface area contributed by atoms with Crippen molar-refractivity contribution in [3.05, 3.63) is 23.3 Å². The van der Waals surface area contributed by atoms with E-state index in [-0.39, 0.29) is 4.90 Å². The van der Waals surface area contributed by atoms with Gasteiger partial charge in [0.2, 0.25) is 10.0 Å². The number of benzene rings is 1. The van der Waals surface area contributed by atoms with Crippen LogP contribution in [0, 0.1) is 19.8 Å². The number of piperazine rings is 1. The summed E-state index contributed by atoms with van der Waals surface area (Å²) in [6.45, 7) is 11.9. The Balaban J connectivity index is 2.22. The average molecular weight is 340 g/mol. The number of hydrogen-bond donors (Lipinski definition) is 0. The van der Waals surface area contributed by atoms with Gasteiger partial charge in [-0.05, 0) is 43.0 Å². The molecule has 5 nitrogen and oxygen atoms in total. The molecule has 130 valence electrons. The molecule has 1 aliphatic heterocycles. The molecule has 1 aromatic rings. The van der Waals surface area contributed by atoms with Gasteiger partial charge in [0.15, 0.2) is 0 Å². The molecule has 0 aliphatic carbocycles. The van der Waals surface area contributed by atoms with Gasteiger partial charge in [0.25, 0.3) is 0 Å². The largest absolute Gasteiger partial charge is 0.495 e. The Bertz CT molecular complexity index is 648. The highest BCUT2D eigenvalue weighted by atomic mass is 32.2. The SMILES string of the molecule is COc1cc(C)c(C)cc1S(=O)(=O)N1CCN(CC(C)C)CC1. The van der Waals surface area contributed by atoms with E-state index in [9.17, 15) is 8.42 Å². The van der Waals surface area contributed by atoms with Gasteiger partial charge in [-0.2, -0.15) is 4.31 Å². The quantitative estimate of drug-likeness (QED) is 0.825. The molecule has 1 heterocycles. The smallest absolute Gasteiger partial charge is 0.246 e. The summed E-state index contributed by atoms with van der Waals surface area (Å²) in [5.74, 6) is 1.02. The van der Waals surface area contributed by atoms with Crippen LogP contribution in [0.15, 0.2) is 17.0 Å². The molecule has 1 aromatic carbocycles. The first-order valence-electron chi connectivity index (χ1n) is 8.13. The molecule has 0 atom stereocenters. The lowest BCUT2D eigenvalue weighted by Gasteiger charge is -2.35. The maximum atomic E-state index is 13.0. The van der Waals surface area contributed by atoms with Crippen LogP contribution in [0.5, 0.6) is 5.75 Å². The number of ether oxygens (including phenoxy) is 1. The van der Waals surface area contributed by atoms with E-state index in [2.05, 4.69) is 18.7 Å². The molecule has 0 N–H and O–H groups in total. The Labute approximate surface area is 140 Å². The molecule has 0 spiro atoms. The van der Waals surface area contributed by atoms with Gasteiger partial charge >= 0.3 is 0 Å². The molecule has 1 fully saturated rings. The first-order valence-corrected chi connectivity index (χ1v) is 9.57. The fourth-order valence-corrected chi connectivity index (χ4v) is 4.58. The molecule has 1 saturated heterocycles. The lowest BCUT2D eigenvalue weighted by molar-refractivity contribution is 0.172. The minimum absolute atomic E-state index is 0.278. The second kappa shape index (κ2) is 7.20. The lowest BCUT2D eigenvalue weighted by atomic mass is 10.1. The second-order valence-electron chi connectivity index (χ2n) is 6.69. The van der Waals surface area contributed by atoms with Crippen LogP contribution < -0.4 is 4.74 Å². The summed E-state index contributed by atoms with van der Waals surface area (Å²) >= 11 is 0. The van der Waals surface area contributed by atoms with Gasteiger partial charge in [-0.25, -0.2) is 8.42 Å². The summed E-state index contributed by atoms with van der Waals surface area (Å²) < 4.78 is 32.9. The Morgan fingerprint density at radius 1 is 1.09 bits per heavy atom. The highest BCUT2D eigenvalue weighted by Gasteiger charge is 2.31. The van der Waals surface area contributed by atoms with Gasteiger partial charge in [0.05, 0.1) is 7.11 Å². The number of aryl methyl sites for hydroxylation is 2. The van der Waals surface area contributed by atoms with Crippen LogP contribution in [0.2, 0.25) is 0 Å². The van der Waals surface area contributed by atoms with E-state index >= 15 is 0 Å². The molecule has 0 amide bonds. The number of sulfonamides is 1. The molecule has 1 aliphatic rings. The monoisotopic (exact) mass is 340 g/mol. The van der Waals surface area contributed by atoms with E-state index in [1.54, 1.807) is 16.4 Å². The van der Waals surface area contributed by atoms with Crippen molar-refractivity contribution in [2.75, 3.05) is 39.8 Å². The van der Waals surface area contributed by atoms with E-state index < -0.39 is 10.0 Å². The maximum absolute atomic E-state index is 13.0. The minimum Gasteiger partial charge on any atom is -0.495 e. The summed E-state index contributed by atoms with van der Waals surface area (Å²) in [7, 11) is -2.00. The van der Waals surface area contributed by atoms with Gasteiger partial charge in [-0.1, -0.05) is 13.8 Å². The summed E-state index contributed by atoms with van der Waals surface area (Å²) in [4.78, 5) is 2.61. The Morgan fingerprint density at radius 3 is 2.17 bits per heavy atom. The zero-order valence-electron chi connectivity index (χ0n) is 14.8. The lowest BCUT2D eigenvalue weighted by Crippen LogP contribution is -2.49. The molecule has 0 unspecified atom stereocenters. The van der Waals surface area contributed by atoms with E-state index in [1.807, 2.05) is 13.8 Å². The predicted molar refractivity (Wildman–Crippen MR) is 92.5 cm³/mol. The first-order chi connectivity index (χ1) is 10.8. The van der Waals surface area contributed by atoms with Crippen molar-refractivity contribution in [1.29, 1.82) is 0 Å². The predicted octanol–water partition coefficient (Wildman–Crippen LogP) is 2.27. The van der Waals surface area contributed by atoms with Gasteiger partial charge < -0.3 is 9.64 Å².